The quantitative estimate of drug-likeness (QED) is 0.901. The minimum atomic E-state index is -0.422. The van der Waals surface area contributed by atoms with E-state index in [0.717, 1.165) is 18.5 Å². The highest BCUT2D eigenvalue weighted by Gasteiger charge is 2.29. The molecule has 2 atom stereocenters. The summed E-state index contributed by atoms with van der Waals surface area (Å²) in [6, 6.07) is 9.54. The van der Waals surface area contributed by atoms with Crippen LogP contribution in [-0.4, -0.2) is 36.0 Å². The van der Waals surface area contributed by atoms with E-state index in [9.17, 15) is 9.59 Å². The lowest BCUT2D eigenvalue weighted by atomic mass is 9.95. The van der Waals surface area contributed by atoms with Crippen LogP contribution in [0.3, 0.4) is 0 Å². The van der Waals surface area contributed by atoms with E-state index in [-0.39, 0.29) is 18.6 Å². The number of piperidine rings is 1. The summed E-state index contributed by atoms with van der Waals surface area (Å²) in [5.74, 6) is 0.882. The maximum atomic E-state index is 12.3. The molecule has 0 saturated carbocycles. The van der Waals surface area contributed by atoms with E-state index in [1.165, 1.54) is 0 Å². The average molecular weight is 332 g/mol. The third kappa shape index (κ3) is 5.87. The lowest BCUT2D eigenvalue weighted by Crippen LogP contribution is -2.52. The lowest BCUT2D eigenvalue weighted by molar-refractivity contribution is -0.134. The molecule has 2 amide bonds. The van der Waals surface area contributed by atoms with Gasteiger partial charge < -0.3 is 15.0 Å². The zero-order valence-electron chi connectivity index (χ0n) is 14.8. The number of carbonyl (C=O) groups is 2. The molecule has 0 aliphatic carbocycles. The second-order valence-corrected chi connectivity index (χ2v) is 7.14. The molecule has 5 nitrogen and oxygen atoms in total. The van der Waals surface area contributed by atoms with Gasteiger partial charge in [0.05, 0.1) is 6.04 Å². The number of carbonyl (C=O) groups excluding carboxylic acids is 2. The molecule has 1 aromatic rings. The Kier molecular flexibility index (Phi) is 6.64. The van der Waals surface area contributed by atoms with Crippen molar-refractivity contribution in [2.24, 2.45) is 11.8 Å². The molecule has 1 saturated heterocycles. The number of nitrogens with one attached hydrogen (secondary N) is 1. The number of amides is 2. The van der Waals surface area contributed by atoms with Crippen molar-refractivity contribution in [2.75, 3.05) is 13.1 Å². The van der Waals surface area contributed by atoms with Crippen molar-refractivity contribution in [3.05, 3.63) is 35.9 Å². The number of nitrogens with zero attached hydrogens (tertiary/aromatic N) is 1. The van der Waals surface area contributed by atoms with E-state index in [4.69, 9.17) is 4.74 Å². The Morgan fingerprint density at radius 1 is 1.25 bits per heavy atom. The van der Waals surface area contributed by atoms with Crippen LogP contribution in [0.5, 0.6) is 0 Å². The van der Waals surface area contributed by atoms with E-state index in [1.807, 2.05) is 49.1 Å². The molecule has 1 aromatic carbocycles. The second kappa shape index (κ2) is 8.71. The fraction of sp³-hybridized carbons (Fsp3) is 0.579. The molecule has 1 aliphatic heterocycles. The molecule has 5 heteroatoms. The first-order valence-electron chi connectivity index (χ1n) is 8.69. The molecule has 1 N–H and O–H groups in total. The number of likely N-dealkylation sites (tertiary alicyclic amines) is 1. The van der Waals surface area contributed by atoms with Crippen molar-refractivity contribution in [2.45, 2.75) is 46.3 Å². The number of rotatable bonds is 5. The van der Waals surface area contributed by atoms with Gasteiger partial charge in [-0.1, -0.05) is 51.1 Å². The molecule has 0 spiro atoms. The maximum Gasteiger partial charge on any atom is 0.407 e. The average Bonchev–Trinajstić information content (AvgIpc) is 2.52. The summed E-state index contributed by atoms with van der Waals surface area (Å²) in [4.78, 5) is 26.2. The summed E-state index contributed by atoms with van der Waals surface area (Å²) in [6.07, 6.45) is 0.998. The zero-order chi connectivity index (χ0) is 17.5. The number of ether oxygens (including phenoxy) is 1. The molecular formula is C19H28N2O3. The van der Waals surface area contributed by atoms with Gasteiger partial charge in [-0.3, -0.25) is 4.79 Å². The van der Waals surface area contributed by atoms with Crippen molar-refractivity contribution in [3.8, 4) is 0 Å². The van der Waals surface area contributed by atoms with Crippen molar-refractivity contribution in [3.63, 3.8) is 0 Å². The van der Waals surface area contributed by atoms with E-state index < -0.39 is 6.09 Å². The maximum absolute atomic E-state index is 12.3. The Hall–Kier alpha value is -2.04. The van der Waals surface area contributed by atoms with Gasteiger partial charge in [-0.05, 0) is 23.8 Å². The first-order valence-corrected chi connectivity index (χ1v) is 8.69. The van der Waals surface area contributed by atoms with E-state index in [0.29, 0.717) is 24.8 Å². The first kappa shape index (κ1) is 18.3. The molecule has 2 rings (SSSR count). The predicted molar refractivity (Wildman–Crippen MR) is 93.4 cm³/mol. The molecule has 1 aliphatic rings. The highest BCUT2D eigenvalue weighted by molar-refractivity contribution is 5.76. The standard InChI is InChI=1S/C19H28N2O3/c1-14(2)9-18(22)21-11-15(3)10-17(12-21)20-19(23)24-13-16-7-5-4-6-8-16/h4-8,14-15,17H,9-13H2,1-3H3,(H,20,23). The molecule has 24 heavy (non-hydrogen) atoms. The molecular weight excluding hydrogens is 304 g/mol. The van der Waals surface area contributed by atoms with Gasteiger partial charge in [0, 0.05) is 19.5 Å². The molecule has 2 unspecified atom stereocenters. The van der Waals surface area contributed by atoms with Gasteiger partial charge >= 0.3 is 6.09 Å². The van der Waals surface area contributed by atoms with E-state index >= 15 is 0 Å². The normalized spacial score (nSPS) is 20.8. The Morgan fingerprint density at radius 3 is 2.62 bits per heavy atom. The lowest BCUT2D eigenvalue weighted by Gasteiger charge is -2.37. The van der Waals surface area contributed by atoms with Gasteiger partial charge in [0.2, 0.25) is 5.91 Å². The number of hydrogen-bond acceptors (Lipinski definition) is 3. The van der Waals surface area contributed by atoms with Crippen molar-refractivity contribution >= 4 is 12.0 Å². The third-order valence-corrected chi connectivity index (χ3v) is 4.13. The summed E-state index contributed by atoms with van der Waals surface area (Å²) in [5.41, 5.74) is 0.957. The SMILES string of the molecule is CC(C)CC(=O)N1CC(C)CC(NC(=O)OCc2ccccc2)C1. The number of benzene rings is 1. The highest BCUT2D eigenvalue weighted by atomic mass is 16.5. The van der Waals surface area contributed by atoms with Gasteiger partial charge in [0.25, 0.3) is 0 Å². The molecule has 0 bridgehead atoms. The minimum absolute atomic E-state index is 0.0480. The fourth-order valence-electron chi connectivity index (χ4n) is 3.07. The molecule has 0 radical (unpaired) electrons. The van der Waals surface area contributed by atoms with E-state index in [1.54, 1.807) is 0 Å². The molecule has 0 aromatic heterocycles. The summed E-state index contributed by atoms with van der Waals surface area (Å²) >= 11 is 0. The van der Waals surface area contributed by atoms with Crippen molar-refractivity contribution in [1.29, 1.82) is 0 Å². The Balaban J connectivity index is 1.82. The smallest absolute Gasteiger partial charge is 0.407 e. The van der Waals surface area contributed by atoms with Gasteiger partial charge in [-0.25, -0.2) is 4.79 Å². The number of alkyl carbamates (subject to hydrolysis) is 1. The van der Waals surface area contributed by atoms with Crippen LogP contribution >= 0.6 is 0 Å². The predicted octanol–water partition coefficient (Wildman–Crippen LogP) is 3.20. The summed E-state index contributed by atoms with van der Waals surface area (Å²) < 4.78 is 5.27. The van der Waals surface area contributed by atoms with Crippen molar-refractivity contribution in [1.82, 2.24) is 10.2 Å². The van der Waals surface area contributed by atoms with Crippen LogP contribution in [0.2, 0.25) is 0 Å². The number of hydrogen-bond donors (Lipinski definition) is 1. The Morgan fingerprint density at radius 2 is 1.96 bits per heavy atom. The monoisotopic (exact) mass is 332 g/mol. The van der Waals surface area contributed by atoms with Gasteiger partial charge in [-0.15, -0.1) is 0 Å². The van der Waals surface area contributed by atoms with Gasteiger partial charge in [0.1, 0.15) is 6.61 Å². The molecule has 132 valence electrons. The largest absolute Gasteiger partial charge is 0.445 e. The van der Waals surface area contributed by atoms with Crippen LogP contribution in [0.15, 0.2) is 30.3 Å². The minimum Gasteiger partial charge on any atom is -0.445 e. The van der Waals surface area contributed by atoms with E-state index in [2.05, 4.69) is 12.2 Å². The summed E-state index contributed by atoms with van der Waals surface area (Å²) in [5, 5.41) is 2.90. The Labute approximate surface area is 144 Å². The van der Waals surface area contributed by atoms with Crippen LogP contribution in [0, 0.1) is 11.8 Å². The van der Waals surface area contributed by atoms with Crippen LogP contribution in [0.4, 0.5) is 4.79 Å². The summed E-state index contributed by atoms with van der Waals surface area (Å²) in [6.45, 7) is 7.78. The summed E-state index contributed by atoms with van der Waals surface area (Å²) in [7, 11) is 0. The van der Waals surface area contributed by atoms with Crippen LogP contribution in [0.25, 0.3) is 0 Å². The topological polar surface area (TPSA) is 58.6 Å². The molecule has 1 fully saturated rings. The van der Waals surface area contributed by atoms with Crippen LogP contribution in [-0.2, 0) is 16.1 Å². The Bertz CT molecular complexity index is 545. The highest BCUT2D eigenvalue weighted by Crippen LogP contribution is 2.18. The molecule has 1 heterocycles. The first-order chi connectivity index (χ1) is 11.4. The fourth-order valence-corrected chi connectivity index (χ4v) is 3.07. The second-order valence-electron chi connectivity index (χ2n) is 7.14. The zero-order valence-corrected chi connectivity index (χ0v) is 14.8. The van der Waals surface area contributed by atoms with Crippen LogP contribution in [0.1, 0.15) is 39.2 Å². The van der Waals surface area contributed by atoms with Crippen LogP contribution < -0.4 is 5.32 Å². The third-order valence-electron chi connectivity index (χ3n) is 4.13. The van der Waals surface area contributed by atoms with Crippen molar-refractivity contribution < 1.29 is 14.3 Å². The van der Waals surface area contributed by atoms with Gasteiger partial charge in [-0.2, -0.15) is 0 Å². The van der Waals surface area contributed by atoms with Gasteiger partial charge in [0.15, 0.2) is 0 Å².